The van der Waals surface area contributed by atoms with E-state index in [-0.39, 0.29) is 31.1 Å². The molecule has 1 atom stereocenters. The van der Waals surface area contributed by atoms with Gasteiger partial charge in [0.25, 0.3) is 0 Å². The van der Waals surface area contributed by atoms with E-state index in [1.807, 2.05) is 0 Å². The van der Waals surface area contributed by atoms with Gasteiger partial charge in [-0.25, -0.2) is 0 Å². The highest BCUT2D eigenvalue weighted by Gasteiger charge is 2.19. The Morgan fingerprint density at radius 3 is 0.803 bits per heavy atom. The van der Waals surface area contributed by atoms with Crippen LogP contribution in [0.3, 0.4) is 0 Å². The van der Waals surface area contributed by atoms with Crippen molar-refractivity contribution in [3.8, 4) is 0 Å². The first-order valence-corrected chi connectivity index (χ1v) is 27.2. The van der Waals surface area contributed by atoms with Crippen molar-refractivity contribution >= 4 is 17.9 Å². The second-order valence-electron chi connectivity index (χ2n) is 19.8. The van der Waals surface area contributed by atoms with Gasteiger partial charge in [0, 0.05) is 19.3 Å². The molecule has 6 nitrogen and oxygen atoms in total. The summed E-state index contributed by atoms with van der Waals surface area (Å²) in [4.78, 5) is 38.0. The van der Waals surface area contributed by atoms with Crippen molar-refractivity contribution in [3.05, 3.63) is 0 Å². The van der Waals surface area contributed by atoms with Crippen LogP contribution >= 0.6 is 0 Å². The molecule has 0 rings (SSSR count). The Labute approximate surface area is 380 Å². The van der Waals surface area contributed by atoms with Gasteiger partial charge in [-0.15, -0.1) is 0 Å². The molecule has 0 N–H and O–H groups in total. The molecule has 6 heteroatoms. The minimum atomic E-state index is -0.762. The van der Waals surface area contributed by atoms with Gasteiger partial charge in [0.15, 0.2) is 6.10 Å². The average Bonchev–Trinajstić information content (AvgIpc) is 3.23. The van der Waals surface area contributed by atoms with Crippen LogP contribution in [0.1, 0.15) is 304 Å². The van der Waals surface area contributed by atoms with E-state index in [1.165, 1.54) is 193 Å². The van der Waals surface area contributed by atoms with Crippen molar-refractivity contribution in [3.63, 3.8) is 0 Å². The maximum absolute atomic E-state index is 12.8. The second-order valence-corrected chi connectivity index (χ2v) is 19.8. The van der Waals surface area contributed by atoms with Crippen LogP contribution in [0.25, 0.3) is 0 Å². The number of esters is 3. The van der Waals surface area contributed by atoms with Gasteiger partial charge in [-0.1, -0.05) is 266 Å². The summed E-state index contributed by atoms with van der Waals surface area (Å²) in [6.45, 7) is 11.3. The van der Waals surface area contributed by atoms with Gasteiger partial charge in [0.2, 0.25) is 0 Å². The summed E-state index contributed by atoms with van der Waals surface area (Å²) in [7, 11) is 0. The number of carbonyl (C=O) groups excluding carboxylic acids is 3. The van der Waals surface area contributed by atoms with Gasteiger partial charge in [0.05, 0.1) is 0 Å². The molecule has 362 valence electrons. The summed E-state index contributed by atoms with van der Waals surface area (Å²) in [5.41, 5.74) is 0. The Bertz CT molecular complexity index is 931. The summed E-state index contributed by atoms with van der Waals surface area (Å²) in [5, 5.41) is 0. The largest absolute Gasteiger partial charge is 0.462 e. The van der Waals surface area contributed by atoms with Gasteiger partial charge in [-0.05, 0) is 31.1 Å². The minimum Gasteiger partial charge on any atom is -0.462 e. The molecule has 0 heterocycles. The van der Waals surface area contributed by atoms with Gasteiger partial charge >= 0.3 is 17.9 Å². The third kappa shape index (κ3) is 49.3. The van der Waals surface area contributed by atoms with Crippen LogP contribution in [0.5, 0.6) is 0 Å². The maximum Gasteiger partial charge on any atom is 0.306 e. The molecule has 0 bridgehead atoms. The number of hydrogen-bond donors (Lipinski definition) is 0. The van der Waals surface area contributed by atoms with Gasteiger partial charge in [-0.3, -0.25) is 14.4 Å². The van der Waals surface area contributed by atoms with E-state index >= 15 is 0 Å². The lowest BCUT2D eigenvalue weighted by atomic mass is 10.0. The lowest BCUT2D eigenvalue weighted by Gasteiger charge is -2.18. The fraction of sp³-hybridized carbons (Fsp3) is 0.945. The highest BCUT2D eigenvalue weighted by atomic mass is 16.6. The summed E-state index contributed by atoms with van der Waals surface area (Å²) in [6.07, 6.45) is 49.6. The Hall–Kier alpha value is -1.59. The zero-order chi connectivity index (χ0) is 44.7. The first kappa shape index (κ1) is 59.4. The first-order chi connectivity index (χ1) is 29.7. The molecule has 0 aliphatic carbocycles. The minimum absolute atomic E-state index is 0.0638. The van der Waals surface area contributed by atoms with Crippen LogP contribution in [0.4, 0.5) is 0 Å². The Morgan fingerprint density at radius 2 is 0.541 bits per heavy atom. The highest BCUT2D eigenvalue weighted by Crippen LogP contribution is 2.18. The van der Waals surface area contributed by atoms with Gasteiger partial charge < -0.3 is 14.2 Å². The lowest BCUT2D eigenvalue weighted by Crippen LogP contribution is -2.30. The number of carbonyl (C=O) groups is 3. The third-order valence-corrected chi connectivity index (χ3v) is 12.5. The molecular formula is C55H106O6. The number of rotatable bonds is 49. The summed E-state index contributed by atoms with van der Waals surface area (Å²) in [5.74, 6) is 0.766. The molecule has 0 aromatic rings. The van der Waals surface area contributed by atoms with E-state index in [1.54, 1.807) is 0 Å². The molecule has 0 unspecified atom stereocenters. The summed E-state index contributed by atoms with van der Waals surface area (Å²) in [6, 6.07) is 0. The van der Waals surface area contributed by atoms with E-state index in [0.29, 0.717) is 19.3 Å². The van der Waals surface area contributed by atoms with Crippen LogP contribution in [-0.4, -0.2) is 37.2 Å². The van der Waals surface area contributed by atoms with Crippen LogP contribution in [0, 0.1) is 11.8 Å². The van der Waals surface area contributed by atoms with E-state index in [4.69, 9.17) is 14.2 Å². The number of ether oxygens (including phenoxy) is 3. The molecule has 0 aromatic heterocycles. The van der Waals surface area contributed by atoms with Gasteiger partial charge in [0.1, 0.15) is 13.2 Å². The number of unbranched alkanes of at least 4 members (excludes halogenated alkanes) is 34. The average molecular weight is 863 g/mol. The SMILES string of the molecule is CCCCCCCCCCCCCCCCCCCCC(=O)OC[C@@H](COC(=O)CCCCCCCCCC(C)C)OC(=O)CCCCCCCCCCCCCCC(C)C. The van der Waals surface area contributed by atoms with Crippen LogP contribution in [0.2, 0.25) is 0 Å². The number of hydrogen-bond acceptors (Lipinski definition) is 6. The molecule has 0 aliphatic rings. The Kier molecular flexibility index (Phi) is 46.6. The van der Waals surface area contributed by atoms with Gasteiger partial charge in [-0.2, -0.15) is 0 Å². The monoisotopic (exact) mass is 863 g/mol. The molecule has 0 radical (unpaired) electrons. The quantitative estimate of drug-likeness (QED) is 0.0344. The van der Waals surface area contributed by atoms with Crippen molar-refractivity contribution in [2.75, 3.05) is 13.2 Å². The second kappa shape index (κ2) is 47.9. The van der Waals surface area contributed by atoms with Crippen LogP contribution in [0.15, 0.2) is 0 Å². The molecule has 0 aliphatic heterocycles. The molecule has 61 heavy (non-hydrogen) atoms. The van der Waals surface area contributed by atoms with E-state index < -0.39 is 6.10 Å². The molecule has 0 spiro atoms. The van der Waals surface area contributed by atoms with Crippen LogP contribution in [-0.2, 0) is 28.6 Å². The van der Waals surface area contributed by atoms with E-state index in [0.717, 1.165) is 69.6 Å². The summed E-state index contributed by atoms with van der Waals surface area (Å²) < 4.78 is 16.8. The van der Waals surface area contributed by atoms with Crippen molar-refractivity contribution in [1.82, 2.24) is 0 Å². The van der Waals surface area contributed by atoms with E-state index in [2.05, 4.69) is 34.6 Å². The van der Waals surface area contributed by atoms with Crippen molar-refractivity contribution in [1.29, 1.82) is 0 Å². The van der Waals surface area contributed by atoms with Crippen molar-refractivity contribution in [2.45, 2.75) is 310 Å². The molecule has 0 fully saturated rings. The summed E-state index contributed by atoms with van der Waals surface area (Å²) >= 11 is 0. The highest BCUT2D eigenvalue weighted by molar-refractivity contribution is 5.71. The van der Waals surface area contributed by atoms with Crippen molar-refractivity contribution < 1.29 is 28.6 Å². The fourth-order valence-corrected chi connectivity index (χ4v) is 8.34. The lowest BCUT2D eigenvalue weighted by molar-refractivity contribution is -0.167. The smallest absolute Gasteiger partial charge is 0.306 e. The van der Waals surface area contributed by atoms with E-state index in [9.17, 15) is 14.4 Å². The first-order valence-electron chi connectivity index (χ1n) is 27.2. The molecule has 0 saturated heterocycles. The van der Waals surface area contributed by atoms with Crippen LogP contribution < -0.4 is 0 Å². The molecular weight excluding hydrogens is 757 g/mol. The zero-order valence-electron chi connectivity index (χ0n) is 41.8. The topological polar surface area (TPSA) is 78.9 Å². The zero-order valence-corrected chi connectivity index (χ0v) is 41.8. The molecule has 0 saturated carbocycles. The molecule has 0 aromatic carbocycles. The van der Waals surface area contributed by atoms with Crippen molar-refractivity contribution in [2.24, 2.45) is 11.8 Å². The third-order valence-electron chi connectivity index (χ3n) is 12.5. The predicted octanol–water partition coefficient (Wildman–Crippen LogP) is 17.7. The Balaban J connectivity index is 4.25. The normalized spacial score (nSPS) is 12.0. The Morgan fingerprint density at radius 1 is 0.311 bits per heavy atom. The molecule has 0 amide bonds. The maximum atomic E-state index is 12.8. The standard InChI is InChI=1S/C55H106O6/c1-6-7-8-9-10-11-12-13-14-15-16-17-18-22-25-30-35-40-45-53(56)59-48-52(49-60-54(57)46-41-36-32-27-29-34-39-44-51(4)5)61-55(58)47-42-37-31-26-23-20-19-21-24-28-33-38-43-50(2)3/h50-52H,6-49H2,1-5H3/t52-/m0/s1. The predicted molar refractivity (Wildman–Crippen MR) is 261 cm³/mol. The fourth-order valence-electron chi connectivity index (χ4n) is 8.34.